The molecule has 1 aromatic carbocycles. The van der Waals surface area contributed by atoms with Crippen molar-refractivity contribution in [2.75, 3.05) is 0 Å². The summed E-state index contributed by atoms with van der Waals surface area (Å²) in [5, 5.41) is 17.8. The van der Waals surface area contributed by atoms with E-state index in [0.717, 1.165) is 5.56 Å². The van der Waals surface area contributed by atoms with Crippen LogP contribution in [-0.2, 0) is 4.79 Å². The first kappa shape index (κ1) is 10.7. The summed E-state index contributed by atoms with van der Waals surface area (Å²) in [7, 11) is 0. The maximum absolute atomic E-state index is 10.5. The third-order valence-electron chi connectivity index (χ3n) is 2.02. The summed E-state index contributed by atoms with van der Waals surface area (Å²) in [4.78, 5) is 10.5. The van der Waals surface area contributed by atoms with Gasteiger partial charge in [0.15, 0.2) is 6.10 Å². The SMILES string of the molecule is Cc1cccc([C@H](N)[C@H](O)C(=O)O)c1. The average Bonchev–Trinajstić information content (AvgIpc) is 2.15. The number of nitrogens with two attached hydrogens (primary N) is 1. The second-order valence-electron chi connectivity index (χ2n) is 3.22. The Morgan fingerprint density at radius 3 is 2.64 bits per heavy atom. The van der Waals surface area contributed by atoms with Gasteiger partial charge in [-0.05, 0) is 12.5 Å². The van der Waals surface area contributed by atoms with Gasteiger partial charge in [0.2, 0.25) is 0 Å². The summed E-state index contributed by atoms with van der Waals surface area (Å²) < 4.78 is 0. The van der Waals surface area contributed by atoms with Crippen LogP contribution >= 0.6 is 0 Å². The Kier molecular flexibility index (Phi) is 3.22. The zero-order valence-corrected chi connectivity index (χ0v) is 7.84. The number of carboxylic acid groups (broad SMARTS) is 1. The molecule has 0 heterocycles. The number of aliphatic carboxylic acids is 1. The highest BCUT2D eigenvalue weighted by molar-refractivity contribution is 5.73. The van der Waals surface area contributed by atoms with Crippen molar-refractivity contribution in [2.45, 2.75) is 19.1 Å². The van der Waals surface area contributed by atoms with Crippen molar-refractivity contribution in [2.24, 2.45) is 5.73 Å². The van der Waals surface area contributed by atoms with Crippen LogP contribution < -0.4 is 5.73 Å². The molecular formula is C10H13NO3. The maximum Gasteiger partial charge on any atom is 0.334 e. The Labute approximate surface area is 82.0 Å². The molecule has 14 heavy (non-hydrogen) atoms. The molecule has 76 valence electrons. The largest absolute Gasteiger partial charge is 0.479 e. The number of aryl methyl sites for hydroxylation is 1. The first-order valence-electron chi connectivity index (χ1n) is 4.25. The molecule has 0 radical (unpaired) electrons. The first-order valence-corrected chi connectivity index (χ1v) is 4.25. The van der Waals surface area contributed by atoms with E-state index in [1.54, 1.807) is 18.2 Å². The van der Waals surface area contributed by atoms with E-state index >= 15 is 0 Å². The van der Waals surface area contributed by atoms with Crippen molar-refractivity contribution in [3.05, 3.63) is 35.4 Å². The molecule has 0 fully saturated rings. The van der Waals surface area contributed by atoms with Gasteiger partial charge in [0, 0.05) is 0 Å². The van der Waals surface area contributed by atoms with E-state index in [1.165, 1.54) is 0 Å². The molecule has 1 rings (SSSR count). The molecular weight excluding hydrogens is 182 g/mol. The van der Waals surface area contributed by atoms with Crippen LogP contribution in [0.3, 0.4) is 0 Å². The topological polar surface area (TPSA) is 83.5 Å². The van der Waals surface area contributed by atoms with Crippen LogP contribution in [-0.4, -0.2) is 22.3 Å². The lowest BCUT2D eigenvalue weighted by Gasteiger charge is -2.15. The van der Waals surface area contributed by atoms with Crippen LogP contribution in [0.1, 0.15) is 17.2 Å². The van der Waals surface area contributed by atoms with Gasteiger partial charge in [0.25, 0.3) is 0 Å². The Morgan fingerprint density at radius 1 is 1.50 bits per heavy atom. The molecule has 0 spiro atoms. The van der Waals surface area contributed by atoms with E-state index in [0.29, 0.717) is 5.56 Å². The third-order valence-corrected chi connectivity index (χ3v) is 2.02. The van der Waals surface area contributed by atoms with Gasteiger partial charge in [-0.15, -0.1) is 0 Å². The predicted molar refractivity (Wildman–Crippen MR) is 51.8 cm³/mol. The number of rotatable bonds is 3. The highest BCUT2D eigenvalue weighted by atomic mass is 16.4. The minimum Gasteiger partial charge on any atom is -0.479 e. The van der Waals surface area contributed by atoms with Gasteiger partial charge in [0.1, 0.15) is 0 Å². The molecule has 0 amide bonds. The normalized spacial score (nSPS) is 14.8. The standard InChI is InChI=1S/C10H13NO3/c1-6-3-2-4-7(5-6)8(11)9(12)10(13)14/h2-5,8-9,12H,11H2,1H3,(H,13,14)/t8-,9-/m0/s1. The summed E-state index contributed by atoms with van der Waals surface area (Å²) >= 11 is 0. The first-order chi connectivity index (χ1) is 6.52. The lowest BCUT2D eigenvalue weighted by atomic mass is 10.0. The van der Waals surface area contributed by atoms with Gasteiger partial charge in [-0.25, -0.2) is 4.79 Å². The Morgan fingerprint density at radius 2 is 2.14 bits per heavy atom. The third kappa shape index (κ3) is 2.31. The molecule has 4 nitrogen and oxygen atoms in total. The molecule has 0 bridgehead atoms. The Bertz CT molecular complexity index is 338. The minimum atomic E-state index is -1.56. The molecule has 2 atom stereocenters. The monoisotopic (exact) mass is 195 g/mol. The van der Waals surface area contributed by atoms with Crippen molar-refractivity contribution in [3.63, 3.8) is 0 Å². The van der Waals surface area contributed by atoms with Crippen LogP contribution in [0.4, 0.5) is 0 Å². The number of hydrogen-bond donors (Lipinski definition) is 3. The molecule has 0 aromatic heterocycles. The zero-order valence-electron chi connectivity index (χ0n) is 7.84. The highest BCUT2D eigenvalue weighted by Crippen LogP contribution is 2.15. The molecule has 0 saturated carbocycles. The van der Waals surface area contributed by atoms with Crippen molar-refractivity contribution in [3.8, 4) is 0 Å². The average molecular weight is 195 g/mol. The highest BCUT2D eigenvalue weighted by Gasteiger charge is 2.23. The van der Waals surface area contributed by atoms with Crippen LogP contribution in [0.15, 0.2) is 24.3 Å². The fourth-order valence-electron chi connectivity index (χ4n) is 1.21. The van der Waals surface area contributed by atoms with E-state index in [-0.39, 0.29) is 0 Å². The van der Waals surface area contributed by atoms with Crippen LogP contribution in [0.5, 0.6) is 0 Å². The smallest absolute Gasteiger partial charge is 0.334 e. The summed E-state index contributed by atoms with van der Waals surface area (Å²) in [5.74, 6) is -1.31. The van der Waals surface area contributed by atoms with Gasteiger partial charge >= 0.3 is 5.97 Å². The van der Waals surface area contributed by atoms with Crippen LogP contribution in [0.2, 0.25) is 0 Å². The van der Waals surface area contributed by atoms with Crippen molar-refractivity contribution in [1.82, 2.24) is 0 Å². The van der Waals surface area contributed by atoms with E-state index in [4.69, 9.17) is 10.8 Å². The second kappa shape index (κ2) is 4.21. The number of hydrogen-bond acceptors (Lipinski definition) is 3. The lowest BCUT2D eigenvalue weighted by molar-refractivity contribution is -0.147. The van der Waals surface area contributed by atoms with Gasteiger partial charge < -0.3 is 15.9 Å². The van der Waals surface area contributed by atoms with Gasteiger partial charge in [-0.3, -0.25) is 0 Å². The number of aliphatic hydroxyl groups excluding tert-OH is 1. The summed E-state index contributed by atoms with van der Waals surface area (Å²) in [5.41, 5.74) is 7.18. The van der Waals surface area contributed by atoms with Crippen molar-refractivity contribution in [1.29, 1.82) is 0 Å². The van der Waals surface area contributed by atoms with Crippen molar-refractivity contribution < 1.29 is 15.0 Å². The predicted octanol–water partition coefficient (Wildman–Crippen LogP) is 0.440. The second-order valence-corrected chi connectivity index (χ2v) is 3.22. The summed E-state index contributed by atoms with van der Waals surface area (Å²) in [6, 6.07) is 6.23. The summed E-state index contributed by atoms with van der Waals surface area (Å²) in [6.45, 7) is 1.88. The van der Waals surface area contributed by atoms with Crippen LogP contribution in [0.25, 0.3) is 0 Å². The molecule has 0 aliphatic rings. The Hall–Kier alpha value is -1.39. The van der Waals surface area contributed by atoms with Gasteiger partial charge in [-0.1, -0.05) is 29.8 Å². The minimum absolute atomic E-state index is 0.625. The lowest BCUT2D eigenvalue weighted by Crippen LogP contribution is -2.33. The van der Waals surface area contributed by atoms with Crippen molar-refractivity contribution >= 4 is 5.97 Å². The number of benzene rings is 1. The molecule has 0 saturated heterocycles. The molecule has 0 unspecified atom stereocenters. The van der Waals surface area contributed by atoms with E-state index in [1.807, 2.05) is 13.0 Å². The molecule has 0 aliphatic carbocycles. The van der Waals surface area contributed by atoms with Crippen LogP contribution in [0, 0.1) is 6.92 Å². The number of carbonyl (C=O) groups is 1. The fourth-order valence-corrected chi connectivity index (χ4v) is 1.21. The van der Waals surface area contributed by atoms with E-state index in [2.05, 4.69) is 0 Å². The summed E-state index contributed by atoms with van der Waals surface area (Å²) in [6.07, 6.45) is -1.56. The Balaban J connectivity index is 2.89. The number of aliphatic hydroxyl groups is 1. The molecule has 0 aliphatic heterocycles. The number of carboxylic acids is 1. The van der Waals surface area contributed by atoms with E-state index in [9.17, 15) is 9.90 Å². The van der Waals surface area contributed by atoms with E-state index < -0.39 is 18.1 Å². The van der Waals surface area contributed by atoms with Gasteiger partial charge in [0.05, 0.1) is 6.04 Å². The quantitative estimate of drug-likeness (QED) is 0.653. The molecule has 4 heteroatoms. The molecule has 1 aromatic rings. The fraction of sp³-hybridized carbons (Fsp3) is 0.300. The zero-order chi connectivity index (χ0) is 10.7. The van der Waals surface area contributed by atoms with Gasteiger partial charge in [-0.2, -0.15) is 0 Å². The molecule has 4 N–H and O–H groups in total. The maximum atomic E-state index is 10.5.